The van der Waals surface area contributed by atoms with Gasteiger partial charge >= 0.3 is 0 Å². The number of fused-ring (bicyclic) bond motifs is 1. The highest BCUT2D eigenvalue weighted by Gasteiger charge is 2.21. The standard InChI is InChI=1S/C9H10N2O3.ClH/c10-5-1-2-6-8(7(5)9(11)12)14-4-3-13-6;/h1-2H,3-4,10H2,(H2,11,12);1H. The van der Waals surface area contributed by atoms with Crippen LogP contribution in [-0.4, -0.2) is 19.1 Å². The van der Waals surface area contributed by atoms with E-state index in [1.807, 2.05) is 0 Å². The zero-order valence-corrected chi connectivity index (χ0v) is 8.67. The number of halogens is 1. The minimum Gasteiger partial charge on any atom is -0.486 e. The lowest BCUT2D eigenvalue weighted by Gasteiger charge is -2.20. The maximum absolute atomic E-state index is 11.1. The maximum atomic E-state index is 11.1. The van der Waals surface area contributed by atoms with Crippen molar-refractivity contribution in [3.8, 4) is 11.5 Å². The van der Waals surface area contributed by atoms with Crippen LogP contribution in [0.15, 0.2) is 12.1 Å². The van der Waals surface area contributed by atoms with E-state index in [0.29, 0.717) is 30.4 Å². The molecule has 0 unspecified atom stereocenters. The summed E-state index contributed by atoms with van der Waals surface area (Å²) in [6.07, 6.45) is 0. The highest BCUT2D eigenvalue weighted by Crippen LogP contribution is 2.36. The number of carbonyl (C=O) groups excluding carboxylic acids is 1. The van der Waals surface area contributed by atoms with Crippen molar-refractivity contribution in [3.63, 3.8) is 0 Å². The van der Waals surface area contributed by atoms with E-state index in [1.165, 1.54) is 0 Å². The molecule has 15 heavy (non-hydrogen) atoms. The van der Waals surface area contributed by atoms with Crippen molar-refractivity contribution in [1.82, 2.24) is 0 Å². The summed E-state index contributed by atoms with van der Waals surface area (Å²) in [6.45, 7) is 0.867. The molecule has 0 radical (unpaired) electrons. The molecule has 1 aromatic carbocycles. The molecule has 1 amide bonds. The third-order valence-electron chi connectivity index (χ3n) is 1.99. The molecule has 82 valence electrons. The predicted molar refractivity (Wildman–Crippen MR) is 57.6 cm³/mol. The second-order valence-electron chi connectivity index (χ2n) is 2.92. The molecule has 4 N–H and O–H groups in total. The van der Waals surface area contributed by atoms with Crippen LogP contribution in [-0.2, 0) is 0 Å². The first-order valence-corrected chi connectivity index (χ1v) is 4.18. The summed E-state index contributed by atoms with van der Waals surface area (Å²) < 4.78 is 10.6. The van der Waals surface area contributed by atoms with E-state index in [4.69, 9.17) is 20.9 Å². The first kappa shape index (κ1) is 11.5. The van der Waals surface area contributed by atoms with Crippen molar-refractivity contribution >= 4 is 24.0 Å². The molecule has 1 aliphatic rings. The van der Waals surface area contributed by atoms with Crippen molar-refractivity contribution < 1.29 is 14.3 Å². The van der Waals surface area contributed by atoms with Crippen LogP contribution in [0.2, 0.25) is 0 Å². The van der Waals surface area contributed by atoms with Gasteiger partial charge in [0.15, 0.2) is 11.5 Å². The van der Waals surface area contributed by atoms with Gasteiger partial charge in [-0.1, -0.05) is 0 Å². The number of anilines is 1. The Kier molecular flexibility index (Phi) is 3.26. The highest BCUT2D eigenvalue weighted by molar-refractivity contribution is 6.01. The summed E-state index contributed by atoms with van der Waals surface area (Å²) in [5.74, 6) is 0.257. The van der Waals surface area contributed by atoms with E-state index in [-0.39, 0.29) is 18.0 Å². The van der Waals surface area contributed by atoms with E-state index in [0.717, 1.165) is 0 Å². The molecule has 1 aromatic rings. The SMILES string of the molecule is Cl.NC(=O)c1c(N)ccc2c1OCCO2. The zero-order valence-electron chi connectivity index (χ0n) is 7.86. The third-order valence-corrected chi connectivity index (χ3v) is 1.99. The Morgan fingerprint density at radius 1 is 1.27 bits per heavy atom. The van der Waals surface area contributed by atoms with Crippen molar-refractivity contribution in [2.75, 3.05) is 18.9 Å². The minimum absolute atomic E-state index is 0. The van der Waals surface area contributed by atoms with Crippen molar-refractivity contribution in [1.29, 1.82) is 0 Å². The minimum atomic E-state index is -0.607. The fraction of sp³-hybridized carbons (Fsp3) is 0.222. The smallest absolute Gasteiger partial charge is 0.254 e. The summed E-state index contributed by atoms with van der Waals surface area (Å²) in [6, 6.07) is 3.24. The van der Waals surface area contributed by atoms with Crippen LogP contribution in [0.1, 0.15) is 10.4 Å². The molecule has 1 aliphatic heterocycles. The number of nitrogen functional groups attached to an aromatic ring is 1. The Labute approximate surface area is 92.7 Å². The molecular weight excluding hydrogens is 220 g/mol. The largest absolute Gasteiger partial charge is 0.486 e. The fourth-order valence-electron chi connectivity index (χ4n) is 1.39. The second kappa shape index (κ2) is 4.27. The normalized spacial score (nSPS) is 12.8. The number of amides is 1. The first-order chi connectivity index (χ1) is 6.70. The maximum Gasteiger partial charge on any atom is 0.254 e. The number of hydrogen-bond acceptors (Lipinski definition) is 4. The summed E-state index contributed by atoms with van der Waals surface area (Å²) in [5.41, 5.74) is 11.3. The number of carbonyl (C=O) groups is 1. The number of nitrogens with two attached hydrogens (primary N) is 2. The van der Waals surface area contributed by atoms with Gasteiger partial charge in [-0.25, -0.2) is 0 Å². The lowest BCUT2D eigenvalue weighted by atomic mass is 10.1. The van der Waals surface area contributed by atoms with Gasteiger partial charge in [-0.15, -0.1) is 12.4 Å². The highest BCUT2D eigenvalue weighted by atomic mass is 35.5. The first-order valence-electron chi connectivity index (χ1n) is 4.18. The zero-order chi connectivity index (χ0) is 10.1. The van der Waals surface area contributed by atoms with Gasteiger partial charge in [0, 0.05) is 5.69 Å². The average Bonchev–Trinajstić information content (AvgIpc) is 2.17. The van der Waals surface area contributed by atoms with E-state index >= 15 is 0 Å². The van der Waals surface area contributed by atoms with Crippen LogP contribution >= 0.6 is 12.4 Å². The van der Waals surface area contributed by atoms with Crippen molar-refractivity contribution in [3.05, 3.63) is 17.7 Å². The topological polar surface area (TPSA) is 87.6 Å². The molecule has 1 heterocycles. The van der Waals surface area contributed by atoms with Crippen molar-refractivity contribution in [2.45, 2.75) is 0 Å². The number of ether oxygens (including phenoxy) is 2. The molecule has 0 aliphatic carbocycles. The Morgan fingerprint density at radius 2 is 1.93 bits per heavy atom. The molecule has 2 rings (SSSR count). The van der Waals surface area contributed by atoms with Crippen LogP contribution in [0.25, 0.3) is 0 Å². The Morgan fingerprint density at radius 3 is 2.60 bits per heavy atom. The van der Waals surface area contributed by atoms with Gasteiger partial charge in [0.05, 0.1) is 0 Å². The monoisotopic (exact) mass is 230 g/mol. The van der Waals surface area contributed by atoms with E-state index in [2.05, 4.69) is 0 Å². The number of hydrogen-bond donors (Lipinski definition) is 2. The Balaban J connectivity index is 0.00000112. The van der Waals surface area contributed by atoms with Gasteiger partial charge in [0.25, 0.3) is 5.91 Å². The van der Waals surface area contributed by atoms with Gasteiger partial charge in [-0.3, -0.25) is 4.79 Å². The molecule has 0 fully saturated rings. The van der Waals surface area contributed by atoms with Crippen LogP contribution < -0.4 is 20.9 Å². The van der Waals surface area contributed by atoms with Crippen LogP contribution in [0.5, 0.6) is 11.5 Å². The molecule has 0 aromatic heterocycles. The van der Waals surface area contributed by atoms with Crippen LogP contribution in [0.4, 0.5) is 5.69 Å². The molecule has 5 nitrogen and oxygen atoms in total. The van der Waals surface area contributed by atoms with Crippen molar-refractivity contribution in [2.24, 2.45) is 5.73 Å². The van der Waals surface area contributed by atoms with Gasteiger partial charge < -0.3 is 20.9 Å². The van der Waals surface area contributed by atoms with Gasteiger partial charge in [-0.2, -0.15) is 0 Å². The summed E-state index contributed by atoms with van der Waals surface area (Å²) in [4.78, 5) is 11.1. The van der Waals surface area contributed by atoms with Gasteiger partial charge in [-0.05, 0) is 12.1 Å². The summed E-state index contributed by atoms with van der Waals surface area (Å²) in [5, 5.41) is 0. The number of primary amides is 1. The van der Waals surface area contributed by atoms with E-state index in [9.17, 15) is 4.79 Å². The lowest BCUT2D eigenvalue weighted by Crippen LogP contribution is -2.21. The van der Waals surface area contributed by atoms with E-state index in [1.54, 1.807) is 12.1 Å². The number of benzene rings is 1. The number of rotatable bonds is 1. The molecule has 0 saturated heterocycles. The van der Waals surface area contributed by atoms with Gasteiger partial charge in [0.1, 0.15) is 18.8 Å². The summed E-state index contributed by atoms with van der Waals surface area (Å²) in [7, 11) is 0. The Hall–Kier alpha value is -1.62. The van der Waals surface area contributed by atoms with E-state index < -0.39 is 5.91 Å². The lowest BCUT2D eigenvalue weighted by molar-refractivity contribution is 0.0990. The second-order valence-corrected chi connectivity index (χ2v) is 2.92. The molecule has 6 heteroatoms. The third kappa shape index (κ3) is 1.92. The quantitative estimate of drug-likeness (QED) is 0.690. The molecule has 0 bridgehead atoms. The fourth-order valence-corrected chi connectivity index (χ4v) is 1.39. The predicted octanol–water partition coefficient (Wildman–Crippen LogP) is 0.561. The summed E-state index contributed by atoms with van der Waals surface area (Å²) >= 11 is 0. The van der Waals surface area contributed by atoms with Crippen LogP contribution in [0.3, 0.4) is 0 Å². The Bertz CT molecular complexity index is 395. The van der Waals surface area contributed by atoms with Crippen LogP contribution in [0, 0.1) is 0 Å². The molecule has 0 spiro atoms. The molecule has 0 atom stereocenters. The molecule has 0 saturated carbocycles. The molecular formula is C9H11ClN2O3. The average molecular weight is 231 g/mol. The van der Waals surface area contributed by atoms with Gasteiger partial charge in [0.2, 0.25) is 0 Å².